The maximum atomic E-state index is 5.34. The number of ether oxygens (including phenoxy) is 1. The minimum Gasteiger partial charge on any atom is -0.497 e. The summed E-state index contributed by atoms with van der Waals surface area (Å²) in [7, 11) is 1.72. The van der Waals surface area contributed by atoms with Crippen molar-refractivity contribution < 1.29 is 4.74 Å². The molecule has 3 rings (SSSR count). The van der Waals surface area contributed by atoms with Gasteiger partial charge in [-0.2, -0.15) is 0 Å². The second-order valence-electron chi connectivity index (χ2n) is 5.32. The molecule has 1 aliphatic carbocycles. The zero-order chi connectivity index (χ0) is 13.9. The molecule has 2 atom stereocenters. The second kappa shape index (κ2) is 5.63. The van der Waals surface area contributed by atoms with Gasteiger partial charge < -0.3 is 10.1 Å². The fourth-order valence-corrected chi connectivity index (χ4v) is 2.93. The molecule has 0 saturated heterocycles. The van der Waals surface area contributed by atoms with Crippen molar-refractivity contribution >= 4 is 0 Å². The van der Waals surface area contributed by atoms with Crippen LogP contribution >= 0.6 is 0 Å². The Morgan fingerprint density at radius 2 is 2.05 bits per heavy atom. The number of hydrogen-bond donors (Lipinski definition) is 1. The number of pyridine rings is 1. The van der Waals surface area contributed by atoms with Gasteiger partial charge in [-0.25, -0.2) is 0 Å². The average molecular weight is 268 g/mol. The third-order valence-electron chi connectivity index (χ3n) is 4.09. The Bertz CT molecular complexity index is 583. The number of hydrogen-bond acceptors (Lipinski definition) is 3. The second-order valence-corrected chi connectivity index (χ2v) is 5.32. The molecule has 1 heterocycles. The number of benzene rings is 1. The van der Waals surface area contributed by atoms with E-state index in [0.717, 1.165) is 18.6 Å². The number of aromatic nitrogens is 1. The highest BCUT2D eigenvalue weighted by Gasteiger charge is 2.24. The van der Waals surface area contributed by atoms with E-state index in [4.69, 9.17) is 4.74 Å². The van der Waals surface area contributed by atoms with Crippen LogP contribution in [0.2, 0.25) is 0 Å². The Hall–Kier alpha value is -1.87. The Morgan fingerprint density at radius 1 is 1.25 bits per heavy atom. The fourth-order valence-electron chi connectivity index (χ4n) is 2.93. The summed E-state index contributed by atoms with van der Waals surface area (Å²) in [4.78, 5) is 4.07. The lowest BCUT2D eigenvalue weighted by molar-refractivity contribution is 0.412. The first-order valence-electron chi connectivity index (χ1n) is 7.10. The number of rotatable bonds is 4. The molecule has 0 amide bonds. The van der Waals surface area contributed by atoms with Gasteiger partial charge in [-0.15, -0.1) is 0 Å². The van der Waals surface area contributed by atoms with Crippen molar-refractivity contribution in [3.05, 3.63) is 59.4 Å². The first-order chi connectivity index (χ1) is 9.78. The van der Waals surface area contributed by atoms with Gasteiger partial charge in [0.25, 0.3) is 0 Å². The molecule has 0 radical (unpaired) electrons. The Balaban J connectivity index is 1.78. The summed E-state index contributed by atoms with van der Waals surface area (Å²) in [6.45, 7) is 2.20. The number of nitrogens with one attached hydrogen (secondary N) is 1. The van der Waals surface area contributed by atoms with Crippen molar-refractivity contribution in [2.75, 3.05) is 7.11 Å². The van der Waals surface area contributed by atoms with Gasteiger partial charge in [0.05, 0.1) is 7.11 Å². The summed E-state index contributed by atoms with van der Waals surface area (Å²) >= 11 is 0. The fraction of sp³-hybridized carbons (Fsp3) is 0.353. The van der Waals surface area contributed by atoms with Crippen LogP contribution in [-0.4, -0.2) is 12.1 Å². The summed E-state index contributed by atoms with van der Waals surface area (Å²) in [6, 6.07) is 11.3. The first-order valence-corrected chi connectivity index (χ1v) is 7.10. The minimum atomic E-state index is 0.320. The molecule has 104 valence electrons. The molecule has 1 aromatic carbocycles. The average Bonchev–Trinajstić information content (AvgIpc) is 2.90. The van der Waals surface area contributed by atoms with Gasteiger partial charge in [-0.3, -0.25) is 4.98 Å². The van der Waals surface area contributed by atoms with E-state index in [-0.39, 0.29) is 0 Å². The molecule has 20 heavy (non-hydrogen) atoms. The van der Waals surface area contributed by atoms with Gasteiger partial charge in [0, 0.05) is 24.5 Å². The molecule has 1 N–H and O–H groups in total. The van der Waals surface area contributed by atoms with Crippen LogP contribution in [0.5, 0.6) is 5.75 Å². The van der Waals surface area contributed by atoms with E-state index in [9.17, 15) is 0 Å². The van der Waals surface area contributed by atoms with Gasteiger partial charge in [0.1, 0.15) is 5.75 Å². The van der Waals surface area contributed by atoms with E-state index < -0.39 is 0 Å². The highest BCUT2D eigenvalue weighted by molar-refractivity contribution is 5.41. The largest absolute Gasteiger partial charge is 0.497 e. The Labute approximate surface area is 120 Å². The monoisotopic (exact) mass is 268 g/mol. The van der Waals surface area contributed by atoms with Gasteiger partial charge in [-0.05, 0) is 60.7 Å². The van der Waals surface area contributed by atoms with Crippen LogP contribution in [0.1, 0.15) is 42.1 Å². The standard InChI is InChI=1S/C17H20N2O/c1-12(13-7-9-18-10-8-13)19-17-6-4-14-3-5-15(20-2)11-16(14)17/h3,5,7-12,17,19H,4,6H2,1-2H3/t12-,17?/m0/s1. The zero-order valence-corrected chi connectivity index (χ0v) is 12.0. The predicted octanol–water partition coefficient (Wildman–Crippen LogP) is 3.43. The van der Waals surface area contributed by atoms with E-state index in [0.29, 0.717) is 12.1 Å². The van der Waals surface area contributed by atoms with E-state index in [2.05, 4.69) is 41.5 Å². The van der Waals surface area contributed by atoms with Crippen molar-refractivity contribution in [3.8, 4) is 5.75 Å². The van der Waals surface area contributed by atoms with E-state index in [1.165, 1.54) is 16.7 Å². The number of nitrogens with zero attached hydrogens (tertiary/aromatic N) is 1. The van der Waals surface area contributed by atoms with E-state index in [1.807, 2.05) is 18.5 Å². The molecule has 3 nitrogen and oxygen atoms in total. The van der Waals surface area contributed by atoms with Crippen LogP contribution in [0.3, 0.4) is 0 Å². The van der Waals surface area contributed by atoms with Gasteiger partial charge >= 0.3 is 0 Å². The van der Waals surface area contributed by atoms with E-state index in [1.54, 1.807) is 7.11 Å². The lowest BCUT2D eigenvalue weighted by atomic mass is 10.0. The lowest BCUT2D eigenvalue weighted by Gasteiger charge is -2.21. The molecular weight excluding hydrogens is 248 g/mol. The topological polar surface area (TPSA) is 34.1 Å². The molecule has 0 bridgehead atoms. The van der Waals surface area contributed by atoms with Gasteiger partial charge in [0.2, 0.25) is 0 Å². The molecule has 0 fully saturated rings. The molecule has 0 aliphatic heterocycles. The summed E-state index contributed by atoms with van der Waals surface area (Å²) in [5.74, 6) is 0.939. The molecule has 1 aliphatic rings. The van der Waals surface area contributed by atoms with Gasteiger partial charge in [-0.1, -0.05) is 6.07 Å². The highest BCUT2D eigenvalue weighted by atomic mass is 16.5. The maximum absolute atomic E-state index is 5.34. The summed E-state index contributed by atoms with van der Waals surface area (Å²) in [5.41, 5.74) is 4.09. The van der Waals surface area contributed by atoms with Crippen molar-refractivity contribution in [2.45, 2.75) is 31.8 Å². The third kappa shape index (κ3) is 2.54. The number of aryl methyl sites for hydroxylation is 1. The van der Waals surface area contributed by atoms with E-state index >= 15 is 0 Å². The Morgan fingerprint density at radius 3 is 2.80 bits per heavy atom. The van der Waals surface area contributed by atoms with Crippen LogP contribution in [-0.2, 0) is 6.42 Å². The lowest BCUT2D eigenvalue weighted by Crippen LogP contribution is -2.23. The van der Waals surface area contributed by atoms with Crippen molar-refractivity contribution in [3.63, 3.8) is 0 Å². The van der Waals surface area contributed by atoms with Crippen molar-refractivity contribution in [1.82, 2.24) is 10.3 Å². The SMILES string of the molecule is COc1ccc2c(c1)C(N[C@@H](C)c1ccncc1)CC2. The smallest absolute Gasteiger partial charge is 0.119 e. The molecule has 0 spiro atoms. The quantitative estimate of drug-likeness (QED) is 0.922. The molecule has 1 aromatic heterocycles. The first kappa shape index (κ1) is 13.1. The third-order valence-corrected chi connectivity index (χ3v) is 4.09. The van der Waals surface area contributed by atoms with Crippen molar-refractivity contribution in [1.29, 1.82) is 0 Å². The molecule has 2 aromatic rings. The van der Waals surface area contributed by atoms with Crippen LogP contribution in [0, 0.1) is 0 Å². The number of fused-ring (bicyclic) bond motifs is 1. The summed E-state index contributed by atoms with van der Waals surface area (Å²) < 4.78 is 5.34. The highest BCUT2D eigenvalue weighted by Crippen LogP contribution is 2.35. The molecule has 3 heteroatoms. The van der Waals surface area contributed by atoms with Crippen molar-refractivity contribution in [2.24, 2.45) is 0 Å². The van der Waals surface area contributed by atoms with Crippen LogP contribution in [0.25, 0.3) is 0 Å². The maximum Gasteiger partial charge on any atom is 0.119 e. The minimum absolute atomic E-state index is 0.320. The molecule has 0 saturated carbocycles. The van der Waals surface area contributed by atoms with Crippen LogP contribution in [0.15, 0.2) is 42.7 Å². The zero-order valence-electron chi connectivity index (χ0n) is 12.0. The molecular formula is C17H20N2O. The predicted molar refractivity (Wildman–Crippen MR) is 79.8 cm³/mol. The summed E-state index contributed by atoms with van der Waals surface area (Å²) in [5, 5.41) is 3.72. The van der Waals surface area contributed by atoms with Crippen LogP contribution in [0.4, 0.5) is 0 Å². The van der Waals surface area contributed by atoms with Gasteiger partial charge in [0.15, 0.2) is 0 Å². The van der Waals surface area contributed by atoms with Crippen LogP contribution < -0.4 is 10.1 Å². The normalized spacial score (nSPS) is 18.6. The summed E-state index contributed by atoms with van der Waals surface area (Å²) in [6.07, 6.45) is 5.98. The molecule has 1 unspecified atom stereocenters. The number of methoxy groups -OCH3 is 1. The Kier molecular flexibility index (Phi) is 3.70.